The highest BCUT2D eigenvalue weighted by molar-refractivity contribution is 7.94. The van der Waals surface area contributed by atoms with Gasteiger partial charge in [-0.05, 0) is 73.6 Å². The van der Waals surface area contributed by atoms with Crippen LogP contribution in [0.15, 0.2) is 35.6 Å². The van der Waals surface area contributed by atoms with Crippen LogP contribution >= 0.6 is 11.6 Å². The van der Waals surface area contributed by atoms with Crippen molar-refractivity contribution in [3.8, 4) is 5.75 Å². The molecule has 1 aromatic carbocycles. The van der Waals surface area contributed by atoms with E-state index < -0.39 is 60.5 Å². The van der Waals surface area contributed by atoms with Gasteiger partial charge in [-0.1, -0.05) is 11.6 Å². The van der Waals surface area contributed by atoms with Crippen molar-refractivity contribution in [1.29, 1.82) is 0 Å². The molecule has 2 aliphatic heterocycles. The van der Waals surface area contributed by atoms with Crippen LogP contribution in [0.1, 0.15) is 77.9 Å². The van der Waals surface area contributed by atoms with Gasteiger partial charge in [-0.2, -0.15) is 4.90 Å². The number of ether oxygens (including phenoxy) is 2. The molecule has 3 amide bonds. The predicted octanol–water partition coefficient (Wildman–Crippen LogP) is 5.05. The summed E-state index contributed by atoms with van der Waals surface area (Å²) in [6, 6.07) is 4.65. The number of amides is 3. The number of hydrogen-bond acceptors (Lipinski definition) is 10. The fourth-order valence-electron chi connectivity index (χ4n) is 5.14. The molecule has 0 bridgehead atoms. The van der Waals surface area contributed by atoms with Crippen molar-refractivity contribution in [2.75, 3.05) is 5.32 Å². The lowest BCUT2D eigenvalue weighted by Gasteiger charge is -2.46. The number of carbonyl (C=O) groups excluding carboxylic acids is 2. The lowest BCUT2D eigenvalue weighted by atomic mass is 9.84. The highest BCUT2D eigenvalue weighted by atomic mass is 35.5. The number of anilines is 1. The first kappa shape index (κ1) is 32.1. The van der Waals surface area contributed by atoms with Gasteiger partial charge in [-0.3, -0.25) is 9.79 Å². The molecule has 0 radical (unpaired) electrons. The lowest BCUT2D eigenvalue weighted by molar-refractivity contribution is 0.0371. The van der Waals surface area contributed by atoms with E-state index in [0.717, 1.165) is 0 Å². The molecule has 4 rings (SSSR count). The zero-order valence-corrected chi connectivity index (χ0v) is 26.6. The van der Waals surface area contributed by atoms with Gasteiger partial charge in [0, 0.05) is 17.7 Å². The molecular weight excluding hydrogens is 602 g/mol. The number of imide groups is 1. The number of halogens is 1. The Balaban J connectivity index is 1.94. The lowest BCUT2D eigenvalue weighted by Crippen LogP contribution is -2.64. The standard InChI is InChI=1S/C28H34ClN5O8S/c1-25(2,3)42-24(38)34(23(36)37)22-27(6,7)43(39,40)19-12-26(4,5)41-18-10-9-15(11-16(18)28(19,8)33-22)32-21(35)17-13-31-20(29)14-30-17/h9-11,13-14,19H,12H2,1-8H3,(H,32,35)(H,36,37)/t19-,28-/m1/s1. The fourth-order valence-corrected chi connectivity index (χ4v) is 7.74. The van der Waals surface area contributed by atoms with Gasteiger partial charge in [0.05, 0.1) is 17.6 Å². The van der Waals surface area contributed by atoms with Crippen LogP contribution < -0.4 is 10.1 Å². The Morgan fingerprint density at radius 3 is 2.33 bits per heavy atom. The van der Waals surface area contributed by atoms with Crippen LogP contribution in [0.3, 0.4) is 0 Å². The van der Waals surface area contributed by atoms with Gasteiger partial charge in [0.25, 0.3) is 5.91 Å². The number of amidine groups is 1. The number of carboxylic acid groups (broad SMARTS) is 1. The first-order valence-corrected chi connectivity index (χ1v) is 15.2. The maximum absolute atomic E-state index is 14.4. The predicted molar refractivity (Wildman–Crippen MR) is 158 cm³/mol. The number of sulfone groups is 1. The number of fused-ring (bicyclic) bond motifs is 3. The molecule has 232 valence electrons. The molecule has 0 saturated heterocycles. The Labute approximate surface area is 254 Å². The summed E-state index contributed by atoms with van der Waals surface area (Å²) in [4.78, 5) is 51.4. The van der Waals surface area contributed by atoms with Crippen LogP contribution in [-0.2, 0) is 20.1 Å². The van der Waals surface area contributed by atoms with E-state index in [1.807, 2.05) is 0 Å². The summed E-state index contributed by atoms with van der Waals surface area (Å²) in [6.07, 6.45) is -0.636. The minimum Gasteiger partial charge on any atom is -0.487 e. The van der Waals surface area contributed by atoms with Crippen LogP contribution in [0.4, 0.5) is 15.3 Å². The number of hydrogen-bond donors (Lipinski definition) is 2. The van der Waals surface area contributed by atoms with E-state index in [4.69, 9.17) is 26.1 Å². The highest BCUT2D eigenvalue weighted by Gasteiger charge is 2.62. The Bertz CT molecular complexity index is 1630. The molecule has 0 spiro atoms. The molecule has 2 N–H and O–H groups in total. The van der Waals surface area contributed by atoms with Gasteiger partial charge in [0.1, 0.15) is 43.9 Å². The molecule has 0 aliphatic carbocycles. The summed E-state index contributed by atoms with van der Waals surface area (Å²) in [6.45, 7) is 12.3. The van der Waals surface area contributed by atoms with Crippen molar-refractivity contribution in [3.05, 3.63) is 47.0 Å². The zero-order chi connectivity index (χ0) is 32.3. The van der Waals surface area contributed by atoms with Gasteiger partial charge in [-0.15, -0.1) is 0 Å². The number of aromatic nitrogens is 2. The van der Waals surface area contributed by atoms with Crippen LogP contribution in [0.25, 0.3) is 0 Å². The third-order valence-electron chi connectivity index (χ3n) is 7.27. The van der Waals surface area contributed by atoms with Gasteiger partial charge < -0.3 is 19.9 Å². The van der Waals surface area contributed by atoms with E-state index >= 15 is 0 Å². The Morgan fingerprint density at radius 1 is 1.12 bits per heavy atom. The highest BCUT2D eigenvalue weighted by Crippen LogP contribution is 2.52. The molecule has 1 aromatic heterocycles. The SMILES string of the molecule is CC(C)(C)OC(=O)N(C(=O)O)C1=N[C@]2(C)c3cc(NC(=O)c4cnc(Cl)cn4)ccc3OC(C)(C)C[C@H]2S(=O)(=O)C1(C)C. The second-order valence-corrected chi connectivity index (χ2v) is 15.7. The maximum atomic E-state index is 14.4. The van der Waals surface area contributed by atoms with Crippen molar-refractivity contribution in [2.24, 2.45) is 4.99 Å². The normalized spacial score (nSPS) is 23.3. The second-order valence-electron chi connectivity index (χ2n) is 12.7. The van der Waals surface area contributed by atoms with Crippen molar-refractivity contribution in [2.45, 2.75) is 88.5 Å². The van der Waals surface area contributed by atoms with Crippen LogP contribution in [0.2, 0.25) is 5.15 Å². The summed E-state index contributed by atoms with van der Waals surface area (Å²) in [5.41, 5.74) is -3.24. The number of nitrogens with one attached hydrogen (secondary N) is 1. The van der Waals surface area contributed by atoms with E-state index in [-0.39, 0.29) is 39.2 Å². The van der Waals surface area contributed by atoms with Gasteiger partial charge in [0.15, 0.2) is 9.84 Å². The van der Waals surface area contributed by atoms with Crippen molar-refractivity contribution >= 4 is 51.1 Å². The Morgan fingerprint density at radius 2 is 1.77 bits per heavy atom. The quantitative estimate of drug-likeness (QED) is 0.454. The minimum atomic E-state index is -4.29. The number of benzene rings is 1. The van der Waals surface area contributed by atoms with E-state index in [1.54, 1.807) is 53.7 Å². The molecule has 2 aromatic rings. The molecule has 2 atom stereocenters. The molecule has 15 heteroatoms. The molecule has 43 heavy (non-hydrogen) atoms. The summed E-state index contributed by atoms with van der Waals surface area (Å²) in [7, 11) is -4.29. The molecule has 0 saturated carbocycles. The largest absolute Gasteiger partial charge is 0.487 e. The number of aliphatic imine (C=N–C) groups is 1. The molecular formula is C28H34ClN5O8S. The Kier molecular flexibility index (Phi) is 7.80. The average molecular weight is 636 g/mol. The maximum Gasteiger partial charge on any atom is 0.425 e. The minimum absolute atomic E-state index is 0.0116. The van der Waals surface area contributed by atoms with E-state index in [0.29, 0.717) is 0 Å². The van der Waals surface area contributed by atoms with E-state index in [9.17, 15) is 27.9 Å². The smallest absolute Gasteiger partial charge is 0.425 e. The van der Waals surface area contributed by atoms with E-state index in [2.05, 4.69) is 15.3 Å². The number of rotatable bonds is 2. The van der Waals surface area contributed by atoms with Gasteiger partial charge in [0.2, 0.25) is 0 Å². The molecule has 3 heterocycles. The average Bonchev–Trinajstić information content (AvgIpc) is 2.94. The second kappa shape index (κ2) is 10.4. The van der Waals surface area contributed by atoms with Crippen LogP contribution in [0, 0.1) is 0 Å². The van der Waals surface area contributed by atoms with Crippen molar-refractivity contribution < 1.29 is 37.4 Å². The zero-order valence-electron chi connectivity index (χ0n) is 25.1. The molecule has 0 fully saturated rings. The third kappa shape index (κ3) is 5.90. The summed E-state index contributed by atoms with van der Waals surface area (Å²) < 4.78 is 38.6. The van der Waals surface area contributed by atoms with Crippen LogP contribution in [0.5, 0.6) is 5.75 Å². The third-order valence-corrected chi connectivity index (χ3v) is 10.4. The number of nitrogens with zero attached hydrogens (tertiary/aromatic N) is 4. The molecule has 2 aliphatic rings. The monoisotopic (exact) mass is 635 g/mol. The fraction of sp³-hybridized carbons (Fsp3) is 0.500. The first-order chi connectivity index (χ1) is 19.6. The van der Waals surface area contributed by atoms with Crippen LogP contribution in [-0.4, -0.2) is 73.5 Å². The summed E-state index contributed by atoms with van der Waals surface area (Å²) in [5.74, 6) is -0.856. The summed E-state index contributed by atoms with van der Waals surface area (Å²) in [5, 5.41) is 11.7. The molecule has 13 nitrogen and oxygen atoms in total. The van der Waals surface area contributed by atoms with E-state index in [1.165, 1.54) is 32.3 Å². The topological polar surface area (TPSA) is 177 Å². The summed E-state index contributed by atoms with van der Waals surface area (Å²) >= 11 is 5.77. The van der Waals surface area contributed by atoms with Crippen molar-refractivity contribution in [1.82, 2.24) is 14.9 Å². The Hall–Kier alpha value is -3.78. The first-order valence-electron chi connectivity index (χ1n) is 13.3. The van der Waals surface area contributed by atoms with Crippen molar-refractivity contribution in [3.63, 3.8) is 0 Å². The molecule has 0 unspecified atom stereocenters. The number of carbonyl (C=O) groups is 3. The van der Waals surface area contributed by atoms with Gasteiger partial charge in [-0.25, -0.2) is 28.0 Å². The van der Waals surface area contributed by atoms with Gasteiger partial charge >= 0.3 is 12.2 Å².